The summed E-state index contributed by atoms with van der Waals surface area (Å²) in [5, 5.41) is 2.74. The summed E-state index contributed by atoms with van der Waals surface area (Å²) in [4.78, 5) is 27.1. The molecule has 0 aliphatic carbocycles. The van der Waals surface area contributed by atoms with Crippen LogP contribution >= 0.6 is 11.8 Å². The summed E-state index contributed by atoms with van der Waals surface area (Å²) in [5.74, 6) is 0.0974. The van der Waals surface area contributed by atoms with Gasteiger partial charge in [0.1, 0.15) is 0 Å². The minimum Gasteiger partial charge on any atom is -0.325 e. The van der Waals surface area contributed by atoms with Gasteiger partial charge in [0.25, 0.3) is 0 Å². The van der Waals surface area contributed by atoms with E-state index in [2.05, 4.69) is 5.32 Å². The molecule has 1 fully saturated rings. The van der Waals surface area contributed by atoms with Gasteiger partial charge in [-0.1, -0.05) is 24.3 Å². The van der Waals surface area contributed by atoms with Crippen molar-refractivity contribution in [2.24, 2.45) is 0 Å². The number of nitrogens with zero attached hydrogens (tertiary/aromatic N) is 1. The van der Waals surface area contributed by atoms with Crippen LogP contribution in [0.5, 0.6) is 0 Å². The molecule has 1 aliphatic heterocycles. The van der Waals surface area contributed by atoms with Crippen molar-refractivity contribution in [3.05, 3.63) is 54.6 Å². The predicted octanol–water partition coefficient (Wildman–Crippen LogP) is 3.93. The van der Waals surface area contributed by atoms with Gasteiger partial charge in [-0.2, -0.15) is 0 Å². The first-order valence-corrected chi connectivity index (χ1v) is 8.94. The molecule has 2 amide bonds. The zero-order valence-corrected chi connectivity index (χ0v) is 14.4. The van der Waals surface area contributed by atoms with Crippen LogP contribution in [0.1, 0.15) is 19.8 Å². The van der Waals surface area contributed by atoms with E-state index >= 15 is 0 Å². The monoisotopic (exact) mass is 340 g/mol. The smallest absolute Gasteiger partial charge is 0.237 e. The summed E-state index contributed by atoms with van der Waals surface area (Å²) in [7, 11) is 0. The van der Waals surface area contributed by atoms with E-state index in [0.717, 1.165) is 29.2 Å². The number of benzene rings is 2. The lowest BCUT2D eigenvalue weighted by Crippen LogP contribution is -2.25. The summed E-state index contributed by atoms with van der Waals surface area (Å²) in [6.07, 6.45) is 1.49. The molecule has 0 radical (unpaired) electrons. The van der Waals surface area contributed by atoms with Crippen molar-refractivity contribution in [3.63, 3.8) is 0 Å². The van der Waals surface area contributed by atoms with E-state index < -0.39 is 0 Å². The van der Waals surface area contributed by atoms with E-state index in [1.807, 2.05) is 61.5 Å². The first-order valence-electron chi connectivity index (χ1n) is 8.06. The second-order valence-corrected chi connectivity index (χ2v) is 7.18. The number of carbonyl (C=O) groups excluding carboxylic acids is 2. The van der Waals surface area contributed by atoms with Crippen LogP contribution in [-0.4, -0.2) is 23.6 Å². The Labute approximate surface area is 146 Å². The normalized spacial score (nSPS) is 15.4. The van der Waals surface area contributed by atoms with Gasteiger partial charge >= 0.3 is 0 Å². The van der Waals surface area contributed by atoms with Gasteiger partial charge < -0.3 is 10.2 Å². The third-order valence-electron chi connectivity index (χ3n) is 3.92. The topological polar surface area (TPSA) is 49.4 Å². The Hall–Kier alpha value is -2.27. The Morgan fingerprint density at radius 3 is 2.67 bits per heavy atom. The molecular weight excluding hydrogens is 320 g/mol. The highest BCUT2D eigenvalue weighted by Gasteiger charge is 2.22. The molecule has 0 bridgehead atoms. The zero-order chi connectivity index (χ0) is 16.9. The Morgan fingerprint density at radius 1 is 1.17 bits per heavy atom. The van der Waals surface area contributed by atoms with Crippen molar-refractivity contribution in [2.45, 2.75) is 29.9 Å². The summed E-state index contributed by atoms with van der Waals surface area (Å²) in [5.41, 5.74) is 1.57. The van der Waals surface area contributed by atoms with E-state index in [-0.39, 0.29) is 17.1 Å². The van der Waals surface area contributed by atoms with E-state index in [0.29, 0.717) is 6.42 Å². The van der Waals surface area contributed by atoms with Crippen molar-refractivity contribution >= 4 is 35.0 Å². The van der Waals surface area contributed by atoms with Crippen molar-refractivity contribution < 1.29 is 9.59 Å². The van der Waals surface area contributed by atoms with Gasteiger partial charge in [0, 0.05) is 29.2 Å². The maximum Gasteiger partial charge on any atom is 0.237 e. The maximum atomic E-state index is 12.4. The Kier molecular flexibility index (Phi) is 5.20. The van der Waals surface area contributed by atoms with Crippen LogP contribution in [0.2, 0.25) is 0 Å². The lowest BCUT2D eigenvalue weighted by molar-refractivity contribution is -0.117. The summed E-state index contributed by atoms with van der Waals surface area (Å²) < 4.78 is 0. The summed E-state index contributed by atoms with van der Waals surface area (Å²) in [6, 6.07) is 17.4. The van der Waals surface area contributed by atoms with Crippen LogP contribution in [0.25, 0.3) is 0 Å². The number of nitrogens with one attached hydrogen (secondary N) is 1. The molecule has 24 heavy (non-hydrogen) atoms. The van der Waals surface area contributed by atoms with Crippen molar-refractivity contribution in [2.75, 3.05) is 16.8 Å². The lowest BCUT2D eigenvalue weighted by Gasteiger charge is -2.17. The van der Waals surface area contributed by atoms with Gasteiger partial charge in [-0.15, -0.1) is 11.8 Å². The molecule has 2 aromatic carbocycles. The van der Waals surface area contributed by atoms with Crippen LogP contribution in [-0.2, 0) is 9.59 Å². The molecule has 4 nitrogen and oxygen atoms in total. The fraction of sp³-hybridized carbons (Fsp3) is 0.263. The fourth-order valence-electron chi connectivity index (χ4n) is 2.67. The molecule has 0 spiro atoms. The van der Waals surface area contributed by atoms with Gasteiger partial charge in [0.15, 0.2) is 0 Å². The number of anilines is 2. The molecule has 1 N–H and O–H groups in total. The number of amides is 2. The molecule has 5 heteroatoms. The highest BCUT2D eigenvalue weighted by atomic mass is 32.2. The number of thioether (sulfide) groups is 1. The Balaban J connectivity index is 1.65. The van der Waals surface area contributed by atoms with E-state index in [4.69, 9.17) is 0 Å². The highest BCUT2D eigenvalue weighted by molar-refractivity contribution is 8.00. The van der Waals surface area contributed by atoms with Gasteiger partial charge in [-0.3, -0.25) is 9.59 Å². The van der Waals surface area contributed by atoms with Crippen LogP contribution in [0.3, 0.4) is 0 Å². The fourth-order valence-corrected chi connectivity index (χ4v) is 3.56. The third kappa shape index (κ3) is 3.97. The minimum absolute atomic E-state index is 0.0475. The maximum absolute atomic E-state index is 12.4. The van der Waals surface area contributed by atoms with Crippen LogP contribution < -0.4 is 10.2 Å². The SMILES string of the molecule is C[C@H](Sc1ccccc1)C(=O)Nc1cccc(N2CCCC2=O)c1. The number of hydrogen-bond donors (Lipinski definition) is 1. The van der Waals surface area contributed by atoms with Crippen molar-refractivity contribution in [1.82, 2.24) is 0 Å². The first kappa shape index (κ1) is 16.6. The Morgan fingerprint density at radius 2 is 1.96 bits per heavy atom. The van der Waals surface area contributed by atoms with Gasteiger partial charge in [0.05, 0.1) is 5.25 Å². The van der Waals surface area contributed by atoms with Crippen molar-refractivity contribution in [3.8, 4) is 0 Å². The molecule has 0 unspecified atom stereocenters. The third-order valence-corrected chi connectivity index (χ3v) is 5.04. The summed E-state index contributed by atoms with van der Waals surface area (Å²) in [6.45, 7) is 2.64. The van der Waals surface area contributed by atoms with Gasteiger partial charge in [0.2, 0.25) is 11.8 Å². The number of rotatable bonds is 5. The van der Waals surface area contributed by atoms with E-state index in [9.17, 15) is 9.59 Å². The molecule has 1 heterocycles. The van der Waals surface area contributed by atoms with Crippen LogP contribution in [0.15, 0.2) is 59.5 Å². The second kappa shape index (κ2) is 7.53. The molecule has 2 aromatic rings. The van der Waals surface area contributed by atoms with Crippen LogP contribution in [0.4, 0.5) is 11.4 Å². The molecule has 1 saturated heterocycles. The molecule has 3 rings (SSSR count). The van der Waals surface area contributed by atoms with Crippen molar-refractivity contribution in [1.29, 1.82) is 0 Å². The second-order valence-electron chi connectivity index (χ2n) is 5.76. The average molecular weight is 340 g/mol. The predicted molar refractivity (Wildman–Crippen MR) is 98.4 cm³/mol. The minimum atomic E-state index is -0.204. The standard InChI is InChI=1S/C19H20N2O2S/c1-14(24-17-9-3-2-4-10-17)19(23)20-15-7-5-8-16(13-15)21-12-6-11-18(21)22/h2-5,7-10,13-14H,6,11-12H2,1H3,(H,20,23)/t14-/m0/s1. The molecule has 1 aliphatic rings. The highest BCUT2D eigenvalue weighted by Crippen LogP contribution is 2.26. The molecule has 1 atom stereocenters. The van der Waals surface area contributed by atoms with Gasteiger partial charge in [-0.05, 0) is 43.7 Å². The number of hydrogen-bond acceptors (Lipinski definition) is 3. The lowest BCUT2D eigenvalue weighted by atomic mass is 10.2. The quantitative estimate of drug-likeness (QED) is 0.839. The molecular formula is C19H20N2O2S. The Bertz CT molecular complexity index is 733. The van der Waals surface area contributed by atoms with Gasteiger partial charge in [-0.25, -0.2) is 0 Å². The number of carbonyl (C=O) groups is 2. The van der Waals surface area contributed by atoms with E-state index in [1.54, 1.807) is 4.90 Å². The largest absolute Gasteiger partial charge is 0.325 e. The van der Waals surface area contributed by atoms with Crippen LogP contribution in [0, 0.1) is 0 Å². The first-order chi connectivity index (χ1) is 11.6. The average Bonchev–Trinajstić information content (AvgIpc) is 3.02. The summed E-state index contributed by atoms with van der Waals surface area (Å²) >= 11 is 1.52. The molecule has 0 aromatic heterocycles. The molecule has 0 saturated carbocycles. The zero-order valence-electron chi connectivity index (χ0n) is 13.6. The van der Waals surface area contributed by atoms with E-state index in [1.165, 1.54) is 11.8 Å². The molecule has 124 valence electrons.